The number of nitrogens with one attached hydrogen (secondary N) is 1. The lowest BCUT2D eigenvalue weighted by Gasteiger charge is -2.14. The van der Waals surface area contributed by atoms with Crippen LogP contribution in [0.1, 0.15) is 18.5 Å². The lowest BCUT2D eigenvalue weighted by Crippen LogP contribution is -2.12. The number of benzene rings is 1. The van der Waals surface area contributed by atoms with Crippen LogP contribution >= 0.6 is 0 Å². The molecule has 1 rings (SSSR count). The third kappa shape index (κ3) is 3.10. The summed E-state index contributed by atoms with van der Waals surface area (Å²) in [4.78, 5) is 0. The molecule has 90 valence electrons. The van der Waals surface area contributed by atoms with Gasteiger partial charge in [-0.15, -0.1) is 0 Å². The van der Waals surface area contributed by atoms with Crippen molar-refractivity contribution < 1.29 is 13.9 Å². The van der Waals surface area contributed by atoms with E-state index in [0.717, 1.165) is 5.56 Å². The Morgan fingerprint density at radius 2 is 2.12 bits per heavy atom. The molecule has 0 aromatic heterocycles. The number of halogens is 1. The molecule has 16 heavy (non-hydrogen) atoms. The summed E-state index contributed by atoms with van der Waals surface area (Å²) in [6.45, 7) is 1.60. The minimum atomic E-state index is -0.502. The molecule has 0 amide bonds. The molecule has 0 radical (unpaired) electrons. The number of rotatable bonds is 6. The molecule has 0 spiro atoms. The van der Waals surface area contributed by atoms with Gasteiger partial charge in [-0.3, -0.25) is 0 Å². The van der Waals surface area contributed by atoms with E-state index in [4.69, 9.17) is 9.47 Å². The van der Waals surface area contributed by atoms with Crippen LogP contribution in [0.25, 0.3) is 0 Å². The molecule has 0 saturated heterocycles. The SMILES string of the molecule is CNC(C)c1ccc(OCCF)c(OC)c1. The van der Waals surface area contributed by atoms with Crippen molar-refractivity contribution in [1.29, 1.82) is 0 Å². The summed E-state index contributed by atoms with van der Waals surface area (Å²) in [5.41, 5.74) is 1.10. The van der Waals surface area contributed by atoms with Gasteiger partial charge in [-0.25, -0.2) is 4.39 Å². The van der Waals surface area contributed by atoms with Crippen molar-refractivity contribution in [3.8, 4) is 11.5 Å². The predicted octanol–water partition coefficient (Wildman–Crippen LogP) is 2.32. The second kappa shape index (κ2) is 6.33. The van der Waals surface area contributed by atoms with Crippen molar-refractivity contribution in [3.63, 3.8) is 0 Å². The highest BCUT2D eigenvalue weighted by molar-refractivity contribution is 5.43. The maximum atomic E-state index is 12.0. The van der Waals surface area contributed by atoms with Crippen LogP contribution in [0.4, 0.5) is 4.39 Å². The van der Waals surface area contributed by atoms with Gasteiger partial charge >= 0.3 is 0 Å². The smallest absolute Gasteiger partial charge is 0.161 e. The first kappa shape index (κ1) is 12.8. The van der Waals surface area contributed by atoms with Crippen LogP contribution < -0.4 is 14.8 Å². The van der Waals surface area contributed by atoms with Gasteiger partial charge in [0.25, 0.3) is 0 Å². The van der Waals surface area contributed by atoms with Crippen molar-refractivity contribution in [3.05, 3.63) is 23.8 Å². The Hall–Kier alpha value is -1.29. The normalized spacial score (nSPS) is 12.2. The Bertz CT molecular complexity index is 331. The first-order valence-corrected chi connectivity index (χ1v) is 5.27. The zero-order valence-corrected chi connectivity index (χ0v) is 9.92. The highest BCUT2D eigenvalue weighted by atomic mass is 19.1. The largest absolute Gasteiger partial charge is 0.493 e. The Morgan fingerprint density at radius 3 is 2.69 bits per heavy atom. The lowest BCUT2D eigenvalue weighted by atomic mass is 10.1. The number of hydrogen-bond acceptors (Lipinski definition) is 3. The molecule has 1 unspecified atom stereocenters. The number of hydrogen-bond donors (Lipinski definition) is 1. The van der Waals surface area contributed by atoms with Crippen LogP contribution in [0.2, 0.25) is 0 Å². The maximum absolute atomic E-state index is 12.0. The Labute approximate surface area is 95.6 Å². The first-order valence-electron chi connectivity index (χ1n) is 5.27. The third-order valence-electron chi connectivity index (χ3n) is 2.46. The summed E-state index contributed by atoms with van der Waals surface area (Å²) in [5, 5.41) is 3.14. The van der Waals surface area contributed by atoms with Crippen LogP contribution in [0, 0.1) is 0 Å². The van der Waals surface area contributed by atoms with E-state index >= 15 is 0 Å². The van der Waals surface area contributed by atoms with Gasteiger partial charge in [0.1, 0.15) is 13.3 Å². The molecule has 3 nitrogen and oxygen atoms in total. The van der Waals surface area contributed by atoms with Crippen LogP contribution in [-0.4, -0.2) is 27.4 Å². The van der Waals surface area contributed by atoms with Crippen molar-refractivity contribution in [2.45, 2.75) is 13.0 Å². The van der Waals surface area contributed by atoms with Gasteiger partial charge in [-0.2, -0.15) is 0 Å². The van der Waals surface area contributed by atoms with E-state index in [1.54, 1.807) is 13.2 Å². The minimum absolute atomic E-state index is 0.0529. The second-order valence-corrected chi connectivity index (χ2v) is 3.46. The first-order chi connectivity index (χ1) is 7.72. The van der Waals surface area contributed by atoms with Crippen LogP contribution in [-0.2, 0) is 0 Å². The molecule has 1 aromatic carbocycles. The van der Waals surface area contributed by atoms with Crippen LogP contribution in [0.3, 0.4) is 0 Å². The minimum Gasteiger partial charge on any atom is -0.493 e. The summed E-state index contributed by atoms with van der Waals surface area (Å²) in [6, 6.07) is 5.88. The van der Waals surface area contributed by atoms with E-state index < -0.39 is 6.67 Å². The van der Waals surface area contributed by atoms with Crippen molar-refractivity contribution in [2.24, 2.45) is 0 Å². The maximum Gasteiger partial charge on any atom is 0.161 e. The summed E-state index contributed by atoms with van der Waals surface area (Å²) >= 11 is 0. The fraction of sp³-hybridized carbons (Fsp3) is 0.500. The Morgan fingerprint density at radius 1 is 1.38 bits per heavy atom. The van der Waals surface area contributed by atoms with Gasteiger partial charge in [0, 0.05) is 6.04 Å². The molecule has 1 atom stereocenters. The number of ether oxygens (including phenoxy) is 2. The Kier molecular flexibility index (Phi) is 5.05. The monoisotopic (exact) mass is 227 g/mol. The predicted molar refractivity (Wildman–Crippen MR) is 61.9 cm³/mol. The molecule has 0 aliphatic carbocycles. The standard InChI is InChI=1S/C12H18FNO2/c1-9(14-2)10-4-5-11(16-7-6-13)12(8-10)15-3/h4-5,8-9,14H,6-7H2,1-3H3. The van der Waals surface area contributed by atoms with Crippen molar-refractivity contribution in [1.82, 2.24) is 5.32 Å². The second-order valence-electron chi connectivity index (χ2n) is 3.46. The van der Waals surface area contributed by atoms with E-state index in [0.29, 0.717) is 11.5 Å². The highest BCUT2D eigenvalue weighted by Crippen LogP contribution is 2.30. The molecule has 0 aliphatic rings. The van der Waals surface area contributed by atoms with E-state index in [1.165, 1.54) is 0 Å². The van der Waals surface area contributed by atoms with Gasteiger partial charge in [0.05, 0.1) is 7.11 Å². The molecule has 0 aliphatic heterocycles. The zero-order chi connectivity index (χ0) is 12.0. The topological polar surface area (TPSA) is 30.5 Å². The molecule has 1 N–H and O–H groups in total. The average molecular weight is 227 g/mol. The van der Waals surface area contributed by atoms with Gasteiger partial charge < -0.3 is 14.8 Å². The summed E-state index contributed by atoms with van der Waals surface area (Å²) in [7, 11) is 3.47. The van der Waals surface area contributed by atoms with Gasteiger partial charge in [0.2, 0.25) is 0 Å². The molecule has 0 bridgehead atoms. The summed E-state index contributed by atoms with van der Waals surface area (Å²) < 4.78 is 22.4. The highest BCUT2D eigenvalue weighted by Gasteiger charge is 2.09. The summed E-state index contributed by atoms with van der Waals surface area (Å²) in [6.07, 6.45) is 0. The molecule has 1 aromatic rings. The molecular weight excluding hydrogens is 209 g/mol. The molecule has 0 saturated carbocycles. The molecular formula is C12H18FNO2. The average Bonchev–Trinajstić information content (AvgIpc) is 2.35. The van der Waals surface area contributed by atoms with Crippen LogP contribution in [0.15, 0.2) is 18.2 Å². The Balaban J connectivity index is 2.88. The third-order valence-corrected chi connectivity index (χ3v) is 2.46. The van der Waals surface area contributed by atoms with Crippen molar-refractivity contribution >= 4 is 0 Å². The van der Waals surface area contributed by atoms with E-state index in [1.807, 2.05) is 19.2 Å². The quantitative estimate of drug-likeness (QED) is 0.809. The van der Waals surface area contributed by atoms with Crippen molar-refractivity contribution in [2.75, 3.05) is 27.4 Å². The van der Waals surface area contributed by atoms with Gasteiger partial charge in [0.15, 0.2) is 11.5 Å². The molecule has 0 heterocycles. The van der Waals surface area contributed by atoms with E-state index in [2.05, 4.69) is 12.2 Å². The fourth-order valence-corrected chi connectivity index (χ4v) is 1.39. The van der Waals surface area contributed by atoms with Gasteiger partial charge in [-0.1, -0.05) is 6.07 Å². The summed E-state index contributed by atoms with van der Waals surface area (Å²) in [5.74, 6) is 1.21. The molecule has 4 heteroatoms. The van der Waals surface area contributed by atoms with Gasteiger partial charge in [-0.05, 0) is 31.7 Å². The number of alkyl halides is 1. The van der Waals surface area contributed by atoms with E-state index in [-0.39, 0.29) is 12.6 Å². The van der Waals surface area contributed by atoms with Crippen LogP contribution in [0.5, 0.6) is 11.5 Å². The lowest BCUT2D eigenvalue weighted by molar-refractivity contribution is 0.260. The zero-order valence-electron chi connectivity index (χ0n) is 9.92. The molecule has 0 fully saturated rings. The van der Waals surface area contributed by atoms with E-state index in [9.17, 15) is 4.39 Å². The fourth-order valence-electron chi connectivity index (χ4n) is 1.39. The number of methoxy groups -OCH3 is 1.